The summed E-state index contributed by atoms with van der Waals surface area (Å²) in [5, 5.41) is 17.2. The molecule has 1 aliphatic rings. The Bertz CT molecular complexity index is 682. The van der Waals surface area contributed by atoms with Gasteiger partial charge in [-0.05, 0) is 30.1 Å². The Kier molecular flexibility index (Phi) is 5.44. The fraction of sp³-hybridized carbons (Fsp3) is 0.412. The van der Waals surface area contributed by atoms with Crippen molar-refractivity contribution >= 4 is 23.0 Å². The van der Waals surface area contributed by atoms with Crippen LogP contribution in [0.25, 0.3) is 0 Å². The van der Waals surface area contributed by atoms with Crippen molar-refractivity contribution in [1.29, 1.82) is 0 Å². The summed E-state index contributed by atoms with van der Waals surface area (Å²) in [5.74, 6) is 0.639. The van der Waals surface area contributed by atoms with E-state index in [1.807, 2.05) is 41.5 Å². The van der Waals surface area contributed by atoms with Crippen molar-refractivity contribution in [3.8, 4) is 0 Å². The quantitative estimate of drug-likeness (QED) is 0.835. The summed E-state index contributed by atoms with van der Waals surface area (Å²) in [5.41, 5.74) is 0.789. The molecule has 1 amide bonds. The van der Waals surface area contributed by atoms with Crippen LogP contribution in [0.2, 0.25) is 0 Å². The Morgan fingerprint density at radius 1 is 1.50 bits per heavy atom. The molecule has 0 fully saturated rings. The Morgan fingerprint density at radius 3 is 3.00 bits per heavy atom. The number of hydrogen-bond donors (Lipinski definition) is 1. The normalized spacial score (nSPS) is 17.5. The van der Waals surface area contributed by atoms with E-state index in [1.165, 1.54) is 0 Å². The van der Waals surface area contributed by atoms with Crippen molar-refractivity contribution in [2.75, 3.05) is 26.2 Å². The van der Waals surface area contributed by atoms with Crippen LogP contribution in [0.15, 0.2) is 45.4 Å². The smallest absolute Gasteiger partial charge is 0.257 e. The van der Waals surface area contributed by atoms with Crippen molar-refractivity contribution in [2.24, 2.45) is 5.10 Å². The molecule has 24 heavy (non-hydrogen) atoms. The number of rotatable bonds is 7. The summed E-state index contributed by atoms with van der Waals surface area (Å²) in [6.07, 6.45) is 2.26. The number of carbonyl (C=O) groups is 1. The molecule has 0 bridgehead atoms. The van der Waals surface area contributed by atoms with Crippen LogP contribution in [-0.2, 0) is 4.79 Å². The van der Waals surface area contributed by atoms with Gasteiger partial charge in [-0.2, -0.15) is 5.10 Å². The Morgan fingerprint density at radius 2 is 2.38 bits per heavy atom. The molecule has 2 aromatic heterocycles. The van der Waals surface area contributed by atoms with Crippen molar-refractivity contribution in [2.45, 2.75) is 19.4 Å². The van der Waals surface area contributed by atoms with Gasteiger partial charge in [-0.15, -0.1) is 11.3 Å². The van der Waals surface area contributed by atoms with E-state index in [0.717, 1.165) is 10.6 Å². The molecule has 6 nitrogen and oxygen atoms in total. The molecular weight excluding hydrogens is 326 g/mol. The molecule has 2 aromatic rings. The maximum absolute atomic E-state index is 12.8. The van der Waals surface area contributed by atoms with E-state index in [-0.39, 0.29) is 25.1 Å². The molecule has 0 radical (unpaired) electrons. The summed E-state index contributed by atoms with van der Waals surface area (Å²) in [7, 11) is 0. The topological polar surface area (TPSA) is 69.3 Å². The Hall–Kier alpha value is -1.96. The van der Waals surface area contributed by atoms with E-state index in [0.29, 0.717) is 25.3 Å². The van der Waals surface area contributed by atoms with Crippen LogP contribution >= 0.6 is 11.3 Å². The average molecular weight is 347 g/mol. The molecule has 1 aliphatic heterocycles. The van der Waals surface area contributed by atoms with Gasteiger partial charge >= 0.3 is 0 Å². The lowest BCUT2D eigenvalue weighted by Gasteiger charge is -2.24. The first-order valence-electron chi connectivity index (χ1n) is 8.03. The number of hydrogen-bond acceptors (Lipinski definition) is 6. The zero-order chi connectivity index (χ0) is 16.9. The maximum atomic E-state index is 12.8. The number of aliphatic hydroxyl groups is 1. The highest BCUT2D eigenvalue weighted by Crippen LogP contribution is 2.35. The fourth-order valence-electron chi connectivity index (χ4n) is 2.79. The molecule has 1 atom stereocenters. The van der Waals surface area contributed by atoms with Gasteiger partial charge in [-0.1, -0.05) is 13.0 Å². The van der Waals surface area contributed by atoms with Crippen molar-refractivity contribution in [3.63, 3.8) is 0 Å². The van der Waals surface area contributed by atoms with Gasteiger partial charge in [0.25, 0.3) is 5.91 Å². The highest BCUT2D eigenvalue weighted by Gasteiger charge is 2.34. The molecular formula is C17H21N3O3S. The third-order valence-corrected chi connectivity index (χ3v) is 5.04. The Labute approximate surface area is 145 Å². The molecule has 0 aliphatic carbocycles. The zero-order valence-electron chi connectivity index (χ0n) is 13.6. The monoisotopic (exact) mass is 347 g/mol. The zero-order valence-corrected chi connectivity index (χ0v) is 14.4. The molecule has 1 unspecified atom stereocenters. The first-order chi connectivity index (χ1) is 11.7. The third-order valence-electron chi connectivity index (χ3n) is 4.07. The maximum Gasteiger partial charge on any atom is 0.257 e. The summed E-state index contributed by atoms with van der Waals surface area (Å²) < 4.78 is 5.44. The van der Waals surface area contributed by atoms with E-state index in [2.05, 4.69) is 5.10 Å². The summed E-state index contributed by atoms with van der Waals surface area (Å²) >= 11 is 1.62. The number of carbonyl (C=O) groups excluding carboxylic acids is 1. The molecule has 7 heteroatoms. The summed E-state index contributed by atoms with van der Waals surface area (Å²) in [6, 6.07) is 7.61. The largest absolute Gasteiger partial charge is 0.463 e. The lowest BCUT2D eigenvalue weighted by Crippen LogP contribution is -2.39. The number of amides is 1. The van der Waals surface area contributed by atoms with Crippen molar-refractivity contribution in [1.82, 2.24) is 9.91 Å². The van der Waals surface area contributed by atoms with Gasteiger partial charge in [0.05, 0.1) is 25.5 Å². The third kappa shape index (κ3) is 3.58. The molecule has 0 aromatic carbocycles. The van der Waals surface area contributed by atoms with E-state index in [1.54, 1.807) is 22.6 Å². The second-order valence-corrected chi connectivity index (χ2v) is 6.57. The summed E-state index contributed by atoms with van der Waals surface area (Å²) in [6.45, 7) is 3.44. The van der Waals surface area contributed by atoms with Crippen molar-refractivity contribution in [3.05, 3.63) is 46.5 Å². The van der Waals surface area contributed by atoms with Gasteiger partial charge < -0.3 is 9.52 Å². The number of thiophene rings is 1. The number of aliphatic hydroxyl groups excluding tert-OH is 1. The molecule has 0 saturated carbocycles. The van der Waals surface area contributed by atoms with Gasteiger partial charge in [0, 0.05) is 17.8 Å². The SMILES string of the molecule is CCN(CCO)CC(=O)N1N=C(c2ccco2)CC1c1cccs1. The Balaban J connectivity index is 1.81. The van der Waals surface area contributed by atoms with Crippen LogP contribution in [-0.4, -0.2) is 52.9 Å². The van der Waals surface area contributed by atoms with Crippen LogP contribution in [0.1, 0.15) is 30.0 Å². The minimum atomic E-state index is -0.0922. The highest BCUT2D eigenvalue weighted by atomic mass is 32.1. The minimum absolute atomic E-state index is 0.0381. The lowest BCUT2D eigenvalue weighted by molar-refractivity contribution is -0.134. The highest BCUT2D eigenvalue weighted by molar-refractivity contribution is 7.10. The van der Waals surface area contributed by atoms with Crippen LogP contribution in [0, 0.1) is 0 Å². The van der Waals surface area contributed by atoms with Gasteiger partial charge in [-0.25, -0.2) is 5.01 Å². The molecule has 3 heterocycles. The van der Waals surface area contributed by atoms with Crippen LogP contribution < -0.4 is 0 Å². The summed E-state index contributed by atoms with van der Waals surface area (Å²) in [4.78, 5) is 15.8. The number of furan rings is 1. The van der Waals surface area contributed by atoms with Gasteiger partial charge in [0.15, 0.2) is 0 Å². The second kappa shape index (κ2) is 7.74. The average Bonchev–Trinajstić information content (AvgIpc) is 3.33. The van der Waals surface area contributed by atoms with Gasteiger partial charge in [-0.3, -0.25) is 9.69 Å². The molecule has 0 saturated heterocycles. The molecule has 0 spiro atoms. The minimum Gasteiger partial charge on any atom is -0.463 e. The second-order valence-electron chi connectivity index (χ2n) is 5.59. The van der Waals surface area contributed by atoms with Crippen LogP contribution in [0.5, 0.6) is 0 Å². The number of likely N-dealkylation sites (N-methyl/N-ethyl adjacent to an activating group) is 1. The van der Waals surface area contributed by atoms with E-state index < -0.39 is 0 Å². The standard InChI is InChI=1S/C17H21N3O3S/c1-2-19(7-8-21)12-17(22)20-14(16-6-4-10-24-16)11-13(18-20)15-5-3-9-23-15/h3-6,9-10,14,21H,2,7-8,11-12H2,1H3. The lowest BCUT2D eigenvalue weighted by atomic mass is 10.1. The van der Waals surface area contributed by atoms with Crippen molar-refractivity contribution < 1.29 is 14.3 Å². The number of nitrogens with zero attached hydrogens (tertiary/aromatic N) is 3. The van der Waals surface area contributed by atoms with Gasteiger partial charge in [0.1, 0.15) is 11.5 Å². The first-order valence-corrected chi connectivity index (χ1v) is 8.91. The fourth-order valence-corrected chi connectivity index (χ4v) is 3.60. The molecule has 1 N–H and O–H groups in total. The molecule has 128 valence electrons. The predicted octanol–water partition coefficient (Wildman–Crippen LogP) is 2.33. The van der Waals surface area contributed by atoms with E-state index in [4.69, 9.17) is 9.52 Å². The predicted molar refractivity (Wildman–Crippen MR) is 93.0 cm³/mol. The van der Waals surface area contributed by atoms with Gasteiger partial charge in [0.2, 0.25) is 0 Å². The number of hydrazone groups is 1. The van der Waals surface area contributed by atoms with E-state index in [9.17, 15) is 4.79 Å². The first kappa shape index (κ1) is 16.9. The van der Waals surface area contributed by atoms with Crippen LogP contribution in [0.4, 0.5) is 0 Å². The van der Waals surface area contributed by atoms with Crippen LogP contribution in [0.3, 0.4) is 0 Å². The molecule has 3 rings (SSSR count). The van der Waals surface area contributed by atoms with E-state index >= 15 is 0 Å².